The molecule has 0 bridgehead atoms. The van der Waals surface area contributed by atoms with Gasteiger partial charge in [0.1, 0.15) is 5.75 Å². The van der Waals surface area contributed by atoms with Gasteiger partial charge in [-0.1, -0.05) is 18.2 Å². The quantitative estimate of drug-likeness (QED) is 0.854. The predicted molar refractivity (Wildman–Crippen MR) is 79.6 cm³/mol. The molecular formula is C15H17NO3S. The smallest absolute Gasteiger partial charge is 0.262 e. The summed E-state index contributed by atoms with van der Waals surface area (Å²) in [5.74, 6) is 0.184. The van der Waals surface area contributed by atoms with Crippen molar-refractivity contribution in [1.82, 2.24) is 0 Å². The van der Waals surface area contributed by atoms with E-state index in [0.29, 0.717) is 22.4 Å². The number of aromatic hydroxyl groups is 1. The molecular weight excluding hydrogens is 274 g/mol. The first-order valence-electron chi connectivity index (χ1n) is 6.20. The summed E-state index contributed by atoms with van der Waals surface area (Å²) >= 11 is 0. The molecule has 0 fully saturated rings. The third-order valence-corrected chi connectivity index (χ3v) is 4.67. The summed E-state index contributed by atoms with van der Waals surface area (Å²) in [5.41, 5.74) is 2.40. The monoisotopic (exact) mass is 291 g/mol. The SMILES string of the molecule is Cc1ccccc1S(=O)(=O)Nc1cc(C)c(O)c(C)c1. The van der Waals surface area contributed by atoms with E-state index in [1.165, 1.54) is 0 Å². The Morgan fingerprint density at radius 1 is 0.950 bits per heavy atom. The molecule has 0 aliphatic heterocycles. The van der Waals surface area contributed by atoms with Gasteiger partial charge in [-0.2, -0.15) is 0 Å². The Bertz CT molecular complexity index is 728. The number of aryl methyl sites for hydroxylation is 3. The van der Waals surface area contributed by atoms with Crippen molar-refractivity contribution in [2.75, 3.05) is 4.72 Å². The fourth-order valence-corrected chi connectivity index (χ4v) is 3.37. The Morgan fingerprint density at radius 3 is 2.05 bits per heavy atom. The summed E-state index contributed by atoms with van der Waals surface area (Å²) in [7, 11) is -3.62. The summed E-state index contributed by atoms with van der Waals surface area (Å²) in [6.07, 6.45) is 0. The third-order valence-electron chi connectivity index (χ3n) is 3.13. The molecule has 0 aromatic heterocycles. The van der Waals surface area contributed by atoms with Crippen LogP contribution in [0.1, 0.15) is 16.7 Å². The second-order valence-electron chi connectivity index (χ2n) is 4.83. The number of benzene rings is 2. The highest BCUT2D eigenvalue weighted by molar-refractivity contribution is 7.92. The molecule has 2 aromatic carbocycles. The van der Waals surface area contributed by atoms with Crippen molar-refractivity contribution in [3.8, 4) is 5.75 Å². The van der Waals surface area contributed by atoms with Crippen LogP contribution in [0.4, 0.5) is 5.69 Å². The molecule has 0 aliphatic carbocycles. The summed E-state index contributed by atoms with van der Waals surface area (Å²) in [4.78, 5) is 0.253. The van der Waals surface area contributed by atoms with E-state index in [2.05, 4.69) is 4.72 Å². The molecule has 0 spiro atoms. The van der Waals surface area contributed by atoms with Gasteiger partial charge < -0.3 is 5.11 Å². The minimum atomic E-state index is -3.62. The number of nitrogens with one attached hydrogen (secondary N) is 1. The lowest BCUT2D eigenvalue weighted by atomic mass is 10.1. The number of hydrogen-bond donors (Lipinski definition) is 2. The molecule has 5 heteroatoms. The average molecular weight is 291 g/mol. The molecule has 2 rings (SSSR count). The van der Waals surface area contributed by atoms with Crippen LogP contribution in [-0.4, -0.2) is 13.5 Å². The van der Waals surface area contributed by atoms with Crippen LogP contribution in [0.15, 0.2) is 41.3 Å². The van der Waals surface area contributed by atoms with Crippen LogP contribution in [0, 0.1) is 20.8 Å². The van der Waals surface area contributed by atoms with Gasteiger partial charge in [0.05, 0.1) is 4.90 Å². The first kappa shape index (κ1) is 14.4. The maximum atomic E-state index is 12.4. The van der Waals surface area contributed by atoms with Crippen LogP contribution >= 0.6 is 0 Å². The van der Waals surface area contributed by atoms with Gasteiger partial charge in [-0.15, -0.1) is 0 Å². The molecule has 0 saturated heterocycles. The van der Waals surface area contributed by atoms with Crippen LogP contribution in [0.5, 0.6) is 5.75 Å². The van der Waals surface area contributed by atoms with Gasteiger partial charge >= 0.3 is 0 Å². The second-order valence-corrected chi connectivity index (χ2v) is 6.48. The van der Waals surface area contributed by atoms with Crippen LogP contribution in [0.25, 0.3) is 0 Å². The van der Waals surface area contributed by atoms with Crippen molar-refractivity contribution in [2.24, 2.45) is 0 Å². The number of sulfonamides is 1. The van der Waals surface area contributed by atoms with Crippen LogP contribution < -0.4 is 4.72 Å². The Kier molecular flexibility index (Phi) is 3.72. The lowest BCUT2D eigenvalue weighted by Crippen LogP contribution is -2.14. The van der Waals surface area contributed by atoms with Gasteiger partial charge in [-0.25, -0.2) is 8.42 Å². The van der Waals surface area contributed by atoms with Gasteiger partial charge in [0.15, 0.2) is 0 Å². The zero-order valence-electron chi connectivity index (χ0n) is 11.6. The van der Waals surface area contributed by atoms with E-state index >= 15 is 0 Å². The molecule has 0 aliphatic rings. The van der Waals surface area contributed by atoms with E-state index in [0.717, 1.165) is 0 Å². The lowest BCUT2D eigenvalue weighted by Gasteiger charge is -2.12. The maximum absolute atomic E-state index is 12.4. The van der Waals surface area contributed by atoms with Crippen molar-refractivity contribution in [2.45, 2.75) is 25.7 Å². The minimum Gasteiger partial charge on any atom is -0.507 e. The molecule has 106 valence electrons. The highest BCUT2D eigenvalue weighted by atomic mass is 32.2. The summed E-state index contributed by atoms with van der Waals surface area (Å²) < 4.78 is 27.3. The van der Waals surface area contributed by atoms with Crippen LogP contribution in [-0.2, 0) is 10.0 Å². The first-order chi connectivity index (χ1) is 9.31. The number of anilines is 1. The second kappa shape index (κ2) is 5.17. The van der Waals surface area contributed by atoms with E-state index in [1.807, 2.05) is 0 Å². The van der Waals surface area contributed by atoms with Crippen molar-refractivity contribution < 1.29 is 13.5 Å². The van der Waals surface area contributed by atoms with Crippen molar-refractivity contribution >= 4 is 15.7 Å². The minimum absolute atomic E-state index is 0.184. The molecule has 4 nitrogen and oxygen atoms in total. The Labute approximate surface area is 119 Å². The predicted octanol–water partition coefficient (Wildman–Crippen LogP) is 3.12. The molecule has 0 radical (unpaired) electrons. The Morgan fingerprint density at radius 2 is 1.50 bits per heavy atom. The van der Waals surface area contributed by atoms with Gasteiger partial charge in [-0.3, -0.25) is 4.72 Å². The normalized spacial score (nSPS) is 11.3. The lowest BCUT2D eigenvalue weighted by molar-refractivity contribution is 0.467. The highest BCUT2D eigenvalue weighted by Crippen LogP contribution is 2.27. The molecule has 0 heterocycles. The van der Waals surface area contributed by atoms with Gasteiger partial charge in [0.2, 0.25) is 0 Å². The van der Waals surface area contributed by atoms with E-state index in [1.54, 1.807) is 57.2 Å². The van der Waals surface area contributed by atoms with Crippen molar-refractivity contribution in [3.63, 3.8) is 0 Å². The summed E-state index contributed by atoms with van der Waals surface area (Å²) in [5, 5.41) is 9.71. The average Bonchev–Trinajstić information content (AvgIpc) is 2.35. The zero-order valence-corrected chi connectivity index (χ0v) is 12.5. The van der Waals surface area contributed by atoms with E-state index in [-0.39, 0.29) is 10.6 Å². The molecule has 0 amide bonds. The molecule has 2 N–H and O–H groups in total. The fourth-order valence-electron chi connectivity index (χ4n) is 2.08. The third kappa shape index (κ3) is 2.77. The maximum Gasteiger partial charge on any atom is 0.262 e. The molecule has 0 atom stereocenters. The van der Waals surface area contributed by atoms with E-state index < -0.39 is 10.0 Å². The topological polar surface area (TPSA) is 66.4 Å². The van der Waals surface area contributed by atoms with Crippen molar-refractivity contribution in [1.29, 1.82) is 0 Å². The summed E-state index contributed by atoms with van der Waals surface area (Å²) in [6.45, 7) is 5.21. The van der Waals surface area contributed by atoms with Gasteiger partial charge in [-0.05, 0) is 55.7 Å². The first-order valence-corrected chi connectivity index (χ1v) is 7.68. The molecule has 2 aromatic rings. The number of hydrogen-bond acceptors (Lipinski definition) is 3. The molecule has 0 saturated carbocycles. The van der Waals surface area contributed by atoms with E-state index in [4.69, 9.17) is 0 Å². The van der Waals surface area contributed by atoms with Crippen LogP contribution in [0.3, 0.4) is 0 Å². The van der Waals surface area contributed by atoms with Gasteiger partial charge in [0.25, 0.3) is 10.0 Å². The summed E-state index contributed by atoms with van der Waals surface area (Å²) in [6, 6.07) is 10.0. The standard InChI is InChI=1S/C15H17NO3S/c1-10-6-4-5-7-14(10)20(18,19)16-13-8-11(2)15(17)12(3)9-13/h4-9,16-17H,1-3H3. The van der Waals surface area contributed by atoms with Crippen LogP contribution in [0.2, 0.25) is 0 Å². The molecule has 0 unspecified atom stereocenters. The Balaban J connectivity index is 2.42. The number of phenols is 1. The van der Waals surface area contributed by atoms with Gasteiger partial charge in [0, 0.05) is 5.69 Å². The highest BCUT2D eigenvalue weighted by Gasteiger charge is 2.17. The van der Waals surface area contributed by atoms with E-state index in [9.17, 15) is 13.5 Å². The molecule has 20 heavy (non-hydrogen) atoms. The van der Waals surface area contributed by atoms with Crippen molar-refractivity contribution in [3.05, 3.63) is 53.1 Å². The zero-order chi connectivity index (χ0) is 14.9. The largest absolute Gasteiger partial charge is 0.507 e. The Hall–Kier alpha value is -2.01. The fraction of sp³-hybridized carbons (Fsp3) is 0.200. The number of phenolic OH excluding ortho intramolecular Hbond substituents is 1. The number of rotatable bonds is 3.